The van der Waals surface area contributed by atoms with Gasteiger partial charge in [-0.2, -0.15) is 13.2 Å². The van der Waals surface area contributed by atoms with Crippen LogP contribution in [0.15, 0.2) is 12.1 Å². The molecule has 1 aromatic rings. The predicted molar refractivity (Wildman–Crippen MR) is 114 cm³/mol. The number of nitrogens with zero attached hydrogens (tertiary/aromatic N) is 2. The number of benzene rings is 1. The number of alkyl halides is 3. The number of hydrogen-bond donors (Lipinski definition) is 3. The lowest BCUT2D eigenvalue weighted by Gasteiger charge is -2.39. The van der Waals surface area contributed by atoms with E-state index in [1.165, 1.54) is 13.1 Å². The highest BCUT2D eigenvalue weighted by Crippen LogP contribution is 2.36. The van der Waals surface area contributed by atoms with Crippen LogP contribution >= 0.6 is 0 Å². The maximum absolute atomic E-state index is 12.5. The number of nitro groups is 1. The second-order valence-corrected chi connectivity index (χ2v) is 7.61. The van der Waals surface area contributed by atoms with Crippen molar-refractivity contribution in [1.82, 2.24) is 5.32 Å². The van der Waals surface area contributed by atoms with Crippen molar-refractivity contribution in [1.29, 1.82) is 0 Å². The van der Waals surface area contributed by atoms with Crippen molar-refractivity contribution in [2.45, 2.75) is 52.3 Å². The average Bonchev–Trinajstić information content (AvgIpc) is 2.71. The van der Waals surface area contributed by atoms with Gasteiger partial charge in [0, 0.05) is 26.2 Å². The zero-order valence-corrected chi connectivity index (χ0v) is 18.5. The van der Waals surface area contributed by atoms with Crippen molar-refractivity contribution in [3.8, 4) is 0 Å². The minimum atomic E-state index is -4.60. The van der Waals surface area contributed by atoms with Crippen LogP contribution in [-0.4, -0.2) is 54.4 Å². The first-order valence-electron chi connectivity index (χ1n) is 10.2. The van der Waals surface area contributed by atoms with Gasteiger partial charge in [0.05, 0.1) is 21.8 Å². The quantitative estimate of drug-likeness (QED) is 0.449. The average molecular weight is 448 g/mol. The summed E-state index contributed by atoms with van der Waals surface area (Å²) in [6, 6.07) is 2.40. The Morgan fingerprint density at radius 1 is 1.26 bits per heavy atom. The number of hydrogen-bond acceptors (Lipinski definition) is 6. The van der Waals surface area contributed by atoms with Crippen molar-refractivity contribution < 1.29 is 28.0 Å². The van der Waals surface area contributed by atoms with Gasteiger partial charge in [0.15, 0.2) is 0 Å². The SMILES string of the molecule is CC.CNc1cc(N2CCC(C(C)(C)O)CC2)c(C(=O)NCC(F)(F)F)cc1[N+](=O)[O-]. The molecule has 1 aliphatic heterocycles. The summed E-state index contributed by atoms with van der Waals surface area (Å²) in [6.45, 7) is 6.81. The highest BCUT2D eigenvalue weighted by molar-refractivity contribution is 6.02. The summed E-state index contributed by atoms with van der Waals surface area (Å²) in [6.07, 6.45) is -3.38. The normalized spacial score (nSPS) is 15.1. The van der Waals surface area contributed by atoms with Crippen LogP contribution in [0.1, 0.15) is 50.9 Å². The van der Waals surface area contributed by atoms with Gasteiger partial charge < -0.3 is 20.6 Å². The van der Waals surface area contributed by atoms with Crippen LogP contribution in [0.5, 0.6) is 0 Å². The third-order valence-electron chi connectivity index (χ3n) is 5.11. The van der Waals surface area contributed by atoms with Crippen molar-refractivity contribution in [2.75, 3.05) is 36.9 Å². The zero-order valence-electron chi connectivity index (χ0n) is 18.5. The molecule has 0 unspecified atom stereocenters. The molecule has 11 heteroatoms. The van der Waals surface area contributed by atoms with Gasteiger partial charge in [-0.1, -0.05) is 13.8 Å². The highest BCUT2D eigenvalue weighted by Gasteiger charge is 2.33. The van der Waals surface area contributed by atoms with E-state index >= 15 is 0 Å². The number of carbonyl (C=O) groups is 1. The van der Waals surface area contributed by atoms with Crippen molar-refractivity contribution in [3.63, 3.8) is 0 Å². The number of aliphatic hydroxyl groups is 1. The molecule has 8 nitrogen and oxygen atoms in total. The topological polar surface area (TPSA) is 108 Å². The van der Waals surface area contributed by atoms with Gasteiger partial charge in [-0.15, -0.1) is 0 Å². The lowest BCUT2D eigenvalue weighted by molar-refractivity contribution is -0.383. The molecule has 1 fully saturated rings. The fourth-order valence-electron chi connectivity index (χ4n) is 3.47. The van der Waals surface area contributed by atoms with Gasteiger partial charge in [-0.05, 0) is 38.7 Å². The molecule has 1 aromatic carbocycles. The minimum Gasteiger partial charge on any atom is -0.390 e. The van der Waals surface area contributed by atoms with Crippen molar-refractivity contribution >= 4 is 23.0 Å². The second-order valence-electron chi connectivity index (χ2n) is 7.61. The van der Waals surface area contributed by atoms with Crippen LogP contribution in [0.3, 0.4) is 0 Å². The first kappa shape index (κ1) is 26.5. The Bertz CT molecular complexity index is 771. The maximum atomic E-state index is 12.5. The number of amides is 1. The van der Waals surface area contributed by atoms with Crippen LogP contribution in [0.4, 0.5) is 30.2 Å². The molecule has 0 radical (unpaired) electrons. The van der Waals surface area contributed by atoms with E-state index in [1.54, 1.807) is 24.1 Å². The first-order chi connectivity index (χ1) is 14.3. The largest absolute Gasteiger partial charge is 0.405 e. The molecule has 1 aliphatic rings. The summed E-state index contributed by atoms with van der Waals surface area (Å²) < 4.78 is 37.5. The van der Waals surface area contributed by atoms with E-state index in [4.69, 9.17) is 0 Å². The Kier molecular flexibility index (Phi) is 9.10. The van der Waals surface area contributed by atoms with E-state index in [0.29, 0.717) is 31.6 Å². The van der Waals surface area contributed by atoms with E-state index in [-0.39, 0.29) is 17.2 Å². The number of piperidine rings is 1. The van der Waals surface area contributed by atoms with Crippen molar-refractivity contribution in [2.24, 2.45) is 5.92 Å². The first-order valence-corrected chi connectivity index (χ1v) is 10.2. The molecule has 0 spiro atoms. The van der Waals surface area contributed by atoms with Gasteiger partial charge >= 0.3 is 6.18 Å². The molecule has 0 bridgehead atoms. The van der Waals surface area contributed by atoms with Gasteiger partial charge in [-0.25, -0.2) is 0 Å². The van der Waals surface area contributed by atoms with Crippen LogP contribution < -0.4 is 15.5 Å². The van der Waals surface area contributed by atoms with E-state index in [9.17, 15) is 33.2 Å². The summed E-state index contributed by atoms with van der Waals surface area (Å²) in [5.74, 6) is -1.00. The number of nitro benzene ring substituents is 1. The Labute approximate surface area is 180 Å². The predicted octanol–water partition coefficient (Wildman–Crippen LogP) is 3.94. The number of rotatable bonds is 6. The van der Waals surface area contributed by atoms with E-state index < -0.39 is 34.8 Å². The van der Waals surface area contributed by atoms with E-state index in [1.807, 2.05) is 13.8 Å². The van der Waals surface area contributed by atoms with E-state index in [2.05, 4.69) is 5.32 Å². The molecule has 31 heavy (non-hydrogen) atoms. The Balaban J connectivity index is 0.00000233. The lowest BCUT2D eigenvalue weighted by atomic mass is 9.83. The Hall–Kier alpha value is -2.56. The molecular weight excluding hydrogens is 417 g/mol. The van der Waals surface area contributed by atoms with Gasteiger partial charge in [0.25, 0.3) is 11.6 Å². The van der Waals surface area contributed by atoms with Crippen LogP contribution in [0.25, 0.3) is 0 Å². The number of halogens is 3. The zero-order chi connectivity index (χ0) is 24.0. The molecule has 0 aromatic heterocycles. The maximum Gasteiger partial charge on any atom is 0.405 e. The summed E-state index contributed by atoms with van der Waals surface area (Å²) in [7, 11) is 1.48. The van der Waals surface area contributed by atoms with E-state index in [0.717, 1.165) is 6.07 Å². The summed E-state index contributed by atoms with van der Waals surface area (Å²) in [4.78, 5) is 24.9. The van der Waals surface area contributed by atoms with Crippen molar-refractivity contribution in [3.05, 3.63) is 27.8 Å². The van der Waals surface area contributed by atoms with Crippen LogP contribution in [0.2, 0.25) is 0 Å². The van der Waals surface area contributed by atoms with Gasteiger partial charge in [0.1, 0.15) is 12.2 Å². The molecule has 0 aliphatic carbocycles. The summed E-state index contributed by atoms with van der Waals surface area (Å²) >= 11 is 0. The fourth-order valence-corrected chi connectivity index (χ4v) is 3.47. The van der Waals surface area contributed by atoms with Crippen LogP contribution in [-0.2, 0) is 0 Å². The van der Waals surface area contributed by atoms with Gasteiger partial charge in [-0.3, -0.25) is 14.9 Å². The standard InChI is InChI=1S/C18H25F3N4O4.C2H6/c1-17(2,27)11-4-6-24(7-5-11)14-9-13(22-3)15(25(28)29)8-12(14)16(26)23-10-18(19,20)21;1-2/h8-9,11,22,27H,4-7,10H2,1-3H3,(H,23,26);1-2H3. The number of carbonyl (C=O) groups excluding carboxylic acids is 1. The molecule has 1 saturated heterocycles. The third-order valence-corrected chi connectivity index (χ3v) is 5.11. The monoisotopic (exact) mass is 448 g/mol. The molecular formula is C20H31F3N4O4. The Morgan fingerprint density at radius 2 is 1.81 bits per heavy atom. The third kappa shape index (κ3) is 7.27. The smallest absolute Gasteiger partial charge is 0.390 e. The molecule has 3 N–H and O–H groups in total. The summed E-state index contributed by atoms with van der Waals surface area (Å²) in [5.41, 5.74) is -0.998. The fraction of sp³-hybridized carbons (Fsp3) is 0.650. The molecule has 2 rings (SSSR count). The molecule has 0 saturated carbocycles. The highest BCUT2D eigenvalue weighted by atomic mass is 19.4. The molecule has 176 valence electrons. The minimum absolute atomic E-state index is 0.0306. The molecule has 1 amide bonds. The number of nitrogens with one attached hydrogen (secondary N) is 2. The summed E-state index contributed by atoms with van der Waals surface area (Å²) in [5, 5.41) is 26.0. The molecule has 0 atom stereocenters. The van der Waals surface area contributed by atoms with Gasteiger partial charge in [0.2, 0.25) is 0 Å². The second kappa shape index (κ2) is 10.7. The lowest BCUT2D eigenvalue weighted by Crippen LogP contribution is -2.43. The number of anilines is 2. The van der Waals surface area contributed by atoms with Crippen LogP contribution in [0, 0.1) is 16.0 Å². The molecule has 1 heterocycles. The Morgan fingerprint density at radius 3 is 2.23 bits per heavy atom.